The minimum Gasteiger partial charge on any atom is -0.508 e. The zero-order chi connectivity index (χ0) is 12.8. The lowest BCUT2D eigenvalue weighted by Crippen LogP contribution is -2.30. The minimum atomic E-state index is -0.746. The SMILES string of the molecule is CCCC(Cl)CNC(=O)c1ccc(O)cc1F. The Bertz CT molecular complexity index is 398. The summed E-state index contributed by atoms with van der Waals surface area (Å²) in [5, 5.41) is 11.4. The van der Waals surface area contributed by atoms with E-state index in [1.165, 1.54) is 12.1 Å². The van der Waals surface area contributed by atoms with Crippen LogP contribution >= 0.6 is 11.6 Å². The van der Waals surface area contributed by atoms with Crippen molar-refractivity contribution in [2.75, 3.05) is 6.54 Å². The Morgan fingerprint density at radius 1 is 1.59 bits per heavy atom. The van der Waals surface area contributed by atoms with Gasteiger partial charge in [0, 0.05) is 12.6 Å². The van der Waals surface area contributed by atoms with Gasteiger partial charge in [-0.1, -0.05) is 13.3 Å². The Morgan fingerprint density at radius 2 is 2.29 bits per heavy atom. The van der Waals surface area contributed by atoms with Crippen molar-refractivity contribution >= 4 is 17.5 Å². The fourth-order valence-corrected chi connectivity index (χ4v) is 1.70. The number of carbonyl (C=O) groups is 1. The number of amides is 1. The first-order valence-electron chi connectivity index (χ1n) is 5.45. The average molecular weight is 260 g/mol. The normalized spacial score (nSPS) is 12.2. The van der Waals surface area contributed by atoms with Crippen LogP contribution in [0, 0.1) is 5.82 Å². The predicted molar refractivity (Wildman–Crippen MR) is 64.9 cm³/mol. The van der Waals surface area contributed by atoms with Crippen molar-refractivity contribution in [3.05, 3.63) is 29.6 Å². The molecule has 1 rings (SSSR count). The van der Waals surface area contributed by atoms with E-state index >= 15 is 0 Å². The van der Waals surface area contributed by atoms with Crippen molar-refractivity contribution in [3.63, 3.8) is 0 Å². The van der Waals surface area contributed by atoms with Gasteiger partial charge in [-0.25, -0.2) is 4.39 Å². The number of carbonyl (C=O) groups excluding carboxylic acids is 1. The molecule has 94 valence electrons. The first kappa shape index (κ1) is 13.8. The number of benzene rings is 1. The molecule has 0 aliphatic carbocycles. The van der Waals surface area contributed by atoms with Gasteiger partial charge in [0.05, 0.1) is 10.9 Å². The van der Waals surface area contributed by atoms with Crippen LogP contribution in [0.4, 0.5) is 4.39 Å². The number of aromatic hydroxyl groups is 1. The molecule has 0 aliphatic rings. The van der Waals surface area contributed by atoms with Crippen LogP contribution in [0.15, 0.2) is 18.2 Å². The Kier molecular flexibility index (Phi) is 5.22. The molecule has 0 bridgehead atoms. The number of alkyl halides is 1. The number of phenolic OH excluding ortho intramolecular Hbond substituents is 1. The quantitative estimate of drug-likeness (QED) is 0.799. The number of rotatable bonds is 5. The highest BCUT2D eigenvalue weighted by Crippen LogP contribution is 2.15. The Morgan fingerprint density at radius 3 is 2.88 bits per heavy atom. The monoisotopic (exact) mass is 259 g/mol. The third-order valence-electron chi connectivity index (χ3n) is 2.28. The largest absolute Gasteiger partial charge is 0.508 e. The van der Waals surface area contributed by atoms with Crippen LogP contribution in [0.2, 0.25) is 0 Å². The Balaban J connectivity index is 2.58. The second-order valence-corrected chi connectivity index (χ2v) is 4.38. The van der Waals surface area contributed by atoms with Gasteiger partial charge in [-0.15, -0.1) is 11.6 Å². The zero-order valence-electron chi connectivity index (χ0n) is 9.54. The smallest absolute Gasteiger partial charge is 0.254 e. The highest BCUT2D eigenvalue weighted by molar-refractivity contribution is 6.20. The molecule has 3 nitrogen and oxygen atoms in total. The molecule has 1 aromatic carbocycles. The van der Waals surface area contributed by atoms with Gasteiger partial charge in [-0.2, -0.15) is 0 Å². The van der Waals surface area contributed by atoms with Crippen molar-refractivity contribution in [1.29, 1.82) is 0 Å². The number of hydrogen-bond acceptors (Lipinski definition) is 2. The zero-order valence-corrected chi connectivity index (χ0v) is 10.3. The van der Waals surface area contributed by atoms with E-state index in [0.717, 1.165) is 18.9 Å². The van der Waals surface area contributed by atoms with Gasteiger partial charge in [0.25, 0.3) is 5.91 Å². The first-order chi connectivity index (χ1) is 8.04. The van der Waals surface area contributed by atoms with Crippen LogP contribution in [0.3, 0.4) is 0 Å². The third kappa shape index (κ3) is 4.23. The van der Waals surface area contributed by atoms with Crippen molar-refractivity contribution < 1.29 is 14.3 Å². The molecule has 2 N–H and O–H groups in total. The number of nitrogens with one attached hydrogen (secondary N) is 1. The molecular formula is C12H15ClFNO2. The van der Waals surface area contributed by atoms with Crippen molar-refractivity contribution in [2.24, 2.45) is 0 Å². The van der Waals surface area contributed by atoms with Gasteiger partial charge in [0.2, 0.25) is 0 Å². The maximum Gasteiger partial charge on any atom is 0.254 e. The van der Waals surface area contributed by atoms with E-state index in [-0.39, 0.29) is 16.7 Å². The molecule has 5 heteroatoms. The van der Waals surface area contributed by atoms with E-state index in [1.807, 2.05) is 6.92 Å². The van der Waals surface area contributed by atoms with Crippen molar-refractivity contribution in [1.82, 2.24) is 5.32 Å². The van der Waals surface area contributed by atoms with E-state index in [0.29, 0.717) is 6.54 Å². The number of hydrogen-bond donors (Lipinski definition) is 2. The Labute approximate surface area is 105 Å². The van der Waals surface area contributed by atoms with Gasteiger partial charge in [-0.05, 0) is 18.6 Å². The summed E-state index contributed by atoms with van der Waals surface area (Å²) < 4.78 is 13.3. The average Bonchev–Trinajstić information content (AvgIpc) is 2.26. The molecule has 0 radical (unpaired) electrons. The maximum atomic E-state index is 13.3. The third-order valence-corrected chi connectivity index (χ3v) is 2.66. The van der Waals surface area contributed by atoms with Crippen molar-refractivity contribution in [3.8, 4) is 5.75 Å². The highest BCUT2D eigenvalue weighted by Gasteiger charge is 2.13. The Hall–Kier alpha value is -1.29. The summed E-state index contributed by atoms with van der Waals surface area (Å²) in [7, 11) is 0. The fourth-order valence-electron chi connectivity index (χ4n) is 1.40. The molecule has 1 aromatic rings. The minimum absolute atomic E-state index is 0.0943. The second kappa shape index (κ2) is 6.45. The molecule has 1 unspecified atom stereocenters. The lowest BCUT2D eigenvalue weighted by Gasteiger charge is -2.10. The van der Waals surface area contributed by atoms with E-state index < -0.39 is 11.7 Å². The van der Waals surface area contributed by atoms with E-state index in [9.17, 15) is 9.18 Å². The lowest BCUT2D eigenvalue weighted by molar-refractivity contribution is 0.0949. The van der Waals surface area contributed by atoms with Gasteiger partial charge >= 0.3 is 0 Å². The van der Waals surface area contributed by atoms with Crippen LogP contribution in [-0.2, 0) is 0 Å². The summed E-state index contributed by atoms with van der Waals surface area (Å²) in [5.74, 6) is -1.48. The molecule has 0 heterocycles. The molecule has 0 saturated heterocycles. The van der Waals surface area contributed by atoms with Crippen LogP contribution in [-0.4, -0.2) is 22.9 Å². The number of phenols is 1. The summed E-state index contributed by atoms with van der Waals surface area (Å²) >= 11 is 5.93. The van der Waals surface area contributed by atoms with Gasteiger partial charge in [0.15, 0.2) is 0 Å². The molecule has 0 spiro atoms. The summed E-state index contributed by atoms with van der Waals surface area (Å²) in [6, 6.07) is 3.41. The highest BCUT2D eigenvalue weighted by atomic mass is 35.5. The molecule has 1 atom stereocenters. The molecule has 17 heavy (non-hydrogen) atoms. The number of halogens is 2. The van der Waals surface area contributed by atoms with Gasteiger partial charge < -0.3 is 10.4 Å². The van der Waals surface area contributed by atoms with Crippen LogP contribution < -0.4 is 5.32 Å². The summed E-state index contributed by atoms with van der Waals surface area (Å²) in [5.41, 5.74) is -0.0943. The maximum absolute atomic E-state index is 13.3. The van der Waals surface area contributed by atoms with E-state index in [2.05, 4.69) is 5.32 Å². The first-order valence-corrected chi connectivity index (χ1v) is 5.89. The van der Waals surface area contributed by atoms with E-state index in [1.54, 1.807) is 0 Å². The van der Waals surface area contributed by atoms with Gasteiger partial charge in [0.1, 0.15) is 11.6 Å². The lowest BCUT2D eigenvalue weighted by atomic mass is 10.2. The molecule has 0 fully saturated rings. The molecule has 0 aromatic heterocycles. The van der Waals surface area contributed by atoms with E-state index in [4.69, 9.17) is 16.7 Å². The molecule has 0 saturated carbocycles. The van der Waals surface area contributed by atoms with Crippen LogP contribution in [0.1, 0.15) is 30.1 Å². The van der Waals surface area contributed by atoms with Crippen LogP contribution in [0.25, 0.3) is 0 Å². The standard InChI is InChI=1S/C12H15ClFNO2/c1-2-3-8(13)7-15-12(17)10-5-4-9(16)6-11(10)14/h4-6,8,16H,2-3,7H2,1H3,(H,15,17). The van der Waals surface area contributed by atoms with Crippen molar-refractivity contribution in [2.45, 2.75) is 25.1 Å². The molecular weight excluding hydrogens is 245 g/mol. The summed E-state index contributed by atoms with van der Waals surface area (Å²) in [6.45, 7) is 2.30. The second-order valence-electron chi connectivity index (χ2n) is 3.76. The summed E-state index contributed by atoms with van der Waals surface area (Å²) in [6.07, 6.45) is 1.72. The fraction of sp³-hybridized carbons (Fsp3) is 0.417. The topological polar surface area (TPSA) is 49.3 Å². The predicted octanol–water partition coefficient (Wildman–Crippen LogP) is 2.67. The molecule has 0 aliphatic heterocycles. The molecule has 1 amide bonds. The van der Waals surface area contributed by atoms with Gasteiger partial charge in [-0.3, -0.25) is 4.79 Å². The summed E-state index contributed by atoms with van der Waals surface area (Å²) in [4.78, 5) is 11.6. The van der Waals surface area contributed by atoms with Crippen LogP contribution in [0.5, 0.6) is 5.75 Å².